The number of halogens is 1. The first-order chi connectivity index (χ1) is 8.50. The Morgan fingerprint density at radius 2 is 1.89 bits per heavy atom. The Kier molecular flexibility index (Phi) is 4.20. The second kappa shape index (κ2) is 5.36. The Balaban J connectivity index is 2.31. The molecule has 0 fully saturated rings. The first-order valence-corrected chi connectivity index (χ1v) is 9.81. The Morgan fingerprint density at radius 3 is 2.50 bits per heavy atom. The molecule has 100 valence electrons. The molecule has 1 aromatic rings. The monoisotopic (exact) mass is 282 g/mol. The van der Waals surface area contributed by atoms with Crippen LogP contribution in [0.3, 0.4) is 0 Å². The average molecular weight is 283 g/mol. The van der Waals surface area contributed by atoms with E-state index in [-0.39, 0.29) is 0 Å². The molecule has 0 heterocycles. The predicted molar refractivity (Wildman–Crippen MR) is 80.7 cm³/mol. The van der Waals surface area contributed by atoms with Crippen molar-refractivity contribution in [1.82, 2.24) is 0 Å². The maximum absolute atomic E-state index is 10.9. The van der Waals surface area contributed by atoms with E-state index in [0.29, 0.717) is 11.5 Å². The topological polar surface area (TPSA) is 20.2 Å². The van der Waals surface area contributed by atoms with Gasteiger partial charge in [0.05, 0.1) is 0 Å². The Bertz CT molecular complexity index is 429. The largest absolute Gasteiger partial charge is 0.431 e. The summed E-state index contributed by atoms with van der Waals surface area (Å²) in [6.07, 6.45) is 2.11. The summed E-state index contributed by atoms with van der Waals surface area (Å²) in [5.74, 6) is 0.576. The maximum Gasteiger partial charge on any atom is 0.191 e. The van der Waals surface area contributed by atoms with Gasteiger partial charge in [-0.15, -0.1) is 0 Å². The number of rotatable bonds is 3. The fourth-order valence-electron chi connectivity index (χ4n) is 3.40. The fourth-order valence-corrected chi connectivity index (χ4v) is 6.93. The van der Waals surface area contributed by atoms with Crippen molar-refractivity contribution in [1.29, 1.82) is 0 Å². The first kappa shape index (κ1) is 14.1. The van der Waals surface area contributed by atoms with Gasteiger partial charge in [-0.3, -0.25) is 0 Å². The summed E-state index contributed by atoms with van der Waals surface area (Å²) in [5, 5.41) is 0.831. The minimum Gasteiger partial charge on any atom is -0.431 e. The lowest BCUT2D eigenvalue weighted by molar-refractivity contribution is 0.413. The molecule has 0 saturated heterocycles. The van der Waals surface area contributed by atoms with Gasteiger partial charge in [-0.1, -0.05) is 38.4 Å². The third kappa shape index (κ3) is 2.51. The van der Waals surface area contributed by atoms with E-state index in [9.17, 15) is 4.80 Å². The molecule has 1 aliphatic rings. The molecule has 2 rings (SSSR count). The quantitative estimate of drug-likeness (QED) is 0.814. The second-order valence-corrected chi connectivity index (χ2v) is 10.5. The van der Waals surface area contributed by atoms with Crippen molar-refractivity contribution in [3.8, 4) is 0 Å². The molecule has 0 amide bonds. The smallest absolute Gasteiger partial charge is 0.191 e. The standard InChI is InChI=1S/C15H23ClOSi/c1-4-18(17,5-2)15-10-12-6-7-14(16)9-13(12)8-11(15)3/h6-7,9,11,15,17H,4-5,8,10H2,1-3H3/t11-,15+/m0/s1. The van der Waals surface area contributed by atoms with E-state index >= 15 is 0 Å². The summed E-state index contributed by atoms with van der Waals surface area (Å²) in [5.41, 5.74) is 3.28. The van der Waals surface area contributed by atoms with Crippen LogP contribution in [0.15, 0.2) is 18.2 Å². The highest BCUT2D eigenvalue weighted by molar-refractivity contribution is 6.74. The molecule has 2 atom stereocenters. The molecule has 0 aliphatic heterocycles. The van der Waals surface area contributed by atoms with Crippen molar-refractivity contribution >= 4 is 19.9 Å². The van der Waals surface area contributed by atoms with Crippen molar-refractivity contribution in [2.24, 2.45) is 5.92 Å². The normalized spacial score (nSPS) is 23.8. The first-order valence-electron chi connectivity index (χ1n) is 6.99. The zero-order valence-corrected chi connectivity index (χ0v) is 13.3. The molecule has 0 unspecified atom stereocenters. The van der Waals surface area contributed by atoms with Crippen LogP contribution in [0.1, 0.15) is 31.9 Å². The molecule has 0 aromatic heterocycles. The molecule has 18 heavy (non-hydrogen) atoms. The molecular weight excluding hydrogens is 260 g/mol. The zero-order valence-electron chi connectivity index (χ0n) is 11.5. The van der Waals surface area contributed by atoms with Crippen molar-refractivity contribution in [2.45, 2.75) is 51.2 Å². The van der Waals surface area contributed by atoms with Crippen molar-refractivity contribution < 1.29 is 4.80 Å². The highest BCUT2D eigenvalue weighted by atomic mass is 35.5. The molecular formula is C15H23ClOSi. The van der Waals surface area contributed by atoms with E-state index in [4.69, 9.17) is 11.6 Å². The van der Waals surface area contributed by atoms with Crippen LogP contribution in [0, 0.1) is 5.92 Å². The summed E-state index contributed by atoms with van der Waals surface area (Å²) in [4.78, 5) is 10.9. The van der Waals surface area contributed by atoms with Crippen LogP contribution < -0.4 is 0 Å². The molecule has 1 N–H and O–H groups in total. The second-order valence-electron chi connectivity index (χ2n) is 5.72. The van der Waals surface area contributed by atoms with Gasteiger partial charge in [0, 0.05) is 5.02 Å². The SMILES string of the molecule is CC[Si](O)(CC)[C@@H]1Cc2ccc(Cl)cc2C[C@@H]1C. The highest BCUT2D eigenvalue weighted by Crippen LogP contribution is 2.42. The van der Waals surface area contributed by atoms with E-state index in [1.807, 2.05) is 6.07 Å². The van der Waals surface area contributed by atoms with Crippen LogP contribution in [0.2, 0.25) is 22.7 Å². The van der Waals surface area contributed by atoms with Crippen LogP contribution in [0.25, 0.3) is 0 Å². The highest BCUT2D eigenvalue weighted by Gasteiger charge is 2.42. The van der Waals surface area contributed by atoms with Gasteiger partial charge >= 0.3 is 0 Å². The van der Waals surface area contributed by atoms with Crippen LogP contribution in [-0.4, -0.2) is 13.1 Å². The number of hydrogen-bond acceptors (Lipinski definition) is 1. The Morgan fingerprint density at radius 1 is 1.22 bits per heavy atom. The van der Waals surface area contributed by atoms with Crippen molar-refractivity contribution in [3.63, 3.8) is 0 Å². The lowest BCUT2D eigenvalue weighted by atomic mass is 9.84. The van der Waals surface area contributed by atoms with Crippen LogP contribution >= 0.6 is 11.6 Å². The van der Waals surface area contributed by atoms with E-state index in [0.717, 1.165) is 30.0 Å². The summed E-state index contributed by atoms with van der Waals surface area (Å²) in [6.45, 7) is 6.59. The fraction of sp³-hybridized carbons (Fsp3) is 0.600. The minimum absolute atomic E-state index is 0.501. The third-order valence-electron chi connectivity index (χ3n) is 4.75. The molecule has 0 radical (unpaired) electrons. The molecule has 0 saturated carbocycles. The van der Waals surface area contributed by atoms with Gasteiger partial charge in [-0.25, -0.2) is 0 Å². The number of fused-ring (bicyclic) bond motifs is 1. The molecule has 1 aromatic carbocycles. The summed E-state index contributed by atoms with van der Waals surface area (Å²) in [7, 11) is -2.07. The summed E-state index contributed by atoms with van der Waals surface area (Å²) in [6, 6.07) is 8.17. The minimum atomic E-state index is -2.07. The van der Waals surface area contributed by atoms with Gasteiger partial charge in [0.2, 0.25) is 0 Å². The van der Waals surface area contributed by atoms with Gasteiger partial charge in [-0.05, 0) is 59.6 Å². The molecule has 1 aliphatic carbocycles. The van der Waals surface area contributed by atoms with E-state index in [1.54, 1.807) is 0 Å². The number of benzene rings is 1. The van der Waals surface area contributed by atoms with Gasteiger partial charge in [0.1, 0.15) is 0 Å². The molecule has 3 heteroatoms. The van der Waals surface area contributed by atoms with E-state index < -0.39 is 8.32 Å². The predicted octanol–water partition coefficient (Wildman–Crippen LogP) is 4.42. The average Bonchev–Trinajstić information content (AvgIpc) is 2.37. The van der Waals surface area contributed by atoms with Crippen LogP contribution in [-0.2, 0) is 12.8 Å². The van der Waals surface area contributed by atoms with Gasteiger partial charge in [0.25, 0.3) is 0 Å². The Labute approximate surface area is 116 Å². The van der Waals surface area contributed by atoms with Crippen molar-refractivity contribution in [2.75, 3.05) is 0 Å². The Hall–Kier alpha value is -0.313. The number of hydrogen-bond donors (Lipinski definition) is 1. The lowest BCUT2D eigenvalue weighted by Gasteiger charge is -2.40. The van der Waals surface area contributed by atoms with Crippen LogP contribution in [0.4, 0.5) is 0 Å². The van der Waals surface area contributed by atoms with E-state index in [1.165, 1.54) is 11.1 Å². The molecule has 0 spiro atoms. The van der Waals surface area contributed by atoms with Crippen LogP contribution in [0.5, 0.6) is 0 Å². The zero-order chi connectivity index (χ0) is 13.3. The third-order valence-corrected chi connectivity index (χ3v) is 9.59. The maximum atomic E-state index is 10.9. The van der Waals surface area contributed by atoms with Gasteiger partial charge < -0.3 is 4.80 Å². The molecule has 0 bridgehead atoms. The molecule has 1 nitrogen and oxygen atoms in total. The summed E-state index contributed by atoms with van der Waals surface area (Å²) >= 11 is 6.06. The van der Waals surface area contributed by atoms with Crippen molar-refractivity contribution in [3.05, 3.63) is 34.3 Å². The summed E-state index contributed by atoms with van der Waals surface area (Å²) < 4.78 is 0. The van der Waals surface area contributed by atoms with E-state index in [2.05, 4.69) is 32.9 Å². The van der Waals surface area contributed by atoms with Gasteiger partial charge in [0.15, 0.2) is 8.32 Å². The lowest BCUT2D eigenvalue weighted by Crippen LogP contribution is -2.44. The van der Waals surface area contributed by atoms with Gasteiger partial charge in [-0.2, -0.15) is 0 Å².